The van der Waals surface area contributed by atoms with Gasteiger partial charge < -0.3 is 9.64 Å². The average molecular weight is 378 g/mol. The summed E-state index contributed by atoms with van der Waals surface area (Å²) < 4.78 is 6.83. The molecule has 0 fully saturated rings. The van der Waals surface area contributed by atoms with Crippen LogP contribution >= 0.6 is 11.3 Å². The van der Waals surface area contributed by atoms with Crippen LogP contribution in [-0.2, 0) is 28.9 Å². The molecule has 1 unspecified atom stereocenters. The molecule has 0 saturated heterocycles. The van der Waals surface area contributed by atoms with Gasteiger partial charge in [-0.25, -0.2) is 9.78 Å². The third-order valence-corrected chi connectivity index (χ3v) is 5.91. The van der Waals surface area contributed by atoms with Crippen molar-refractivity contribution in [2.75, 3.05) is 20.7 Å². The van der Waals surface area contributed by atoms with E-state index in [9.17, 15) is 9.59 Å². The predicted molar refractivity (Wildman–Crippen MR) is 104 cm³/mol. The molecule has 6 nitrogen and oxygen atoms in total. The zero-order valence-corrected chi connectivity index (χ0v) is 16.8. The van der Waals surface area contributed by atoms with Gasteiger partial charge in [-0.3, -0.25) is 9.36 Å². The molecule has 0 saturated carbocycles. The van der Waals surface area contributed by atoms with E-state index < -0.39 is 6.04 Å². The highest BCUT2D eigenvalue weighted by atomic mass is 32.1. The van der Waals surface area contributed by atoms with Crippen LogP contribution in [0.3, 0.4) is 0 Å². The van der Waals surface area contributed by atoms with E-state index in [0.29, 0.717) is 24.4 Å². The topological polar surface area (TPSA) is 64.4 Å². The molecule has 0 N–H and O–H groups in total. The van der Waals surface area contributed by atoms with Crippen LogP contribution < -0.4 is 5.56 Å². The molecule has 26 heavy (non-hydrogen) atoms. The fraction of sp³-hybridized carbons (Fsp3) is 0.632. The van der Waals surface area contributed by atoms with Gasteiger partial charge in [-0.15, -0.1) is 11.3 Å². The Morgan fingerprint density at radius 3 is 2.77 bits per heavy atom. The lowest BCUT2D eigenvalue weighted by atomic mass is 9.97. The second-order valence-electron chi connectivity index (χ2n) is 7.18. The molecule has 0 radical (unpaired) electrons. The largest absolute Gasteiger partial charge is 0.464 e. The first-order valence-electron chi connectivity index (χ1n) is 9.31. The first-order chi connectivity index (χ1) is 12.4. The van der Waals surface area contributed by atoms with Crippen LogP contribution in [0.25, 0.3) is 10.2 Å². The molecule has 1 aliphatic rings. The number of hydrogen-bond acceptors (Lipinski definition) is 6. The summed E-state index contributed by atoms with van der Waals surface area (Å²) >= 11 is 1.64. The van der Waals surface area contributed by atoms with Crippen LogP contribution in [0.1, 0.15) is 55.4 Å². The minimum atomic E-state index is -0.681. The molecular weight excluding hydrogens is 350 g/mol. The number of aryl methyl sites for hydroxylation is 2. The van der Waals surface area contributed by atoms with E-state index in [1.165, 1.54) is 4.88 Å². The molecule has 2 heterocycles. The lowest BCUT2D eigenvalue weighted by Crippen LogP contribution is -2.34. The number of carbonyl (C=O) groups is 1. The molecule has 142 valence electrons. The third-order valence-electron chi connectivity index (χ3n) is 4.73. The van der Waals surface area contributed by atoms with Gasteiger partial charge in [0.25, 0.3) is 5.56 Å². The van der Waals surface area contributed by atoms with Crippen molar-refractivity contribution in [2.45, 2.75) is 58.5 Å². The second-order valence-corrected chi connectivity index (χ2v) is 8.26. The van der Waals surface area contributed by atoms with Crippen molar-refractivity contribution in [3.8, 4) is 0 Å². The molecule has 0 spiro atoms. The van der Waals surface area contributed by atoms with E-state index in [1.54, 1.807) is 22.8 Å². The average Bonchev–Trinajstić information content (AvgIpc) is 2.97. The molecule has 1 atom stereocenters. The van der Waals surface area contributed by atoms with Crippen LogP contribution in [-0.4, -0.2) is 41.1 Å². The molecule has 0 aromatic carbocycles. The molecule has 3 rings (SSSR count). The summed E-state index contributed by atoms with van der Waals surface area (Å²) in [6.07, 6.45) is 4.97. The van der Waals surface area contributed by atoms with Crippen molar-refractivity contribution in [2.24, 2.45) is 0 Å². The van der Waals surface area contributed by atoms with Gasteiger partial charge in [0.2, 0.25) is 0 Å². The molecule has 1 aliphatic carbocycles. The standard InChI is InChI=1S/C19H27N3O3S/c1-5-10-25-19(24)12(2)22-15(11-21(3)4)20-17-16(18(22)23)13-8-6-7-9-14(13)26-17/h12H,5-11H2,1-4H3. The zero-order chi connectivity index (χ0) is 18.8. The fourth-order valence-corrected chi connectivity index (χ4v) is 4.75. The summed E-state index contributed by atoms with van der Waals surface area (Å²) in [5, 5.41) is 0.711. The first-order valence-corrected chi connectivity index (χ1v) is 10.1. The normalized spacial score (nSPS) is 15.3. The summed E-state index contributed by atoms with van der Waals surface area (Å²) in [5.41, 5.74) is 1.04. The Hall–Kier alpha value is -1.73. The first kappa shape index (κ1) is 19.0. The number of thiophene rings is 1. The highest BCUT2D eigenvalue weighted by molar-refractivity contribution is 7.18. The van der Waals surface area contributed by atoms with Crippen molar-refractivity contribution in [3.63, 3.8) is 0 Å². The van der Waals surface area contributed by atoms with Crippen molar-refractivity contribution in [1.82, 2.24) is 14.5 Å². The Balaban J connectivity index is 2.16. The summed E-state index contributed by atoms with van der Waals surface area (Å²) in [6.45, 7) is 4.54. The van der Waals surface area contributed by atoms with Gasteiger partial charge in [0.05, 0.1) is 18.5 Å². The van der Waals surface area contributed by atoms with Gasteiger partial charge in [-0.1, -0.05) is 6.92 Å². The summed E-state index contributed by atoms with van der Waals surface area (Å²) in [7, 11) is 3.86. The number of rotatable bonds is 6. The summed E-state index contributed by atoms with van der Waals surface area (Å²) in [4.78, 5) is 34.7. The third kappa shape index (κ3) is 3.55. The Labute approximate surface area is 157 Å². The maximum Gasteiger partial charge on any atom is 0.329 e. The highest BCUT2D eigenvalue weighted by Crippen LogP contribution is 2.34. The monoisotopic (exact) mass is 377 g/mol. The Bertz CT molecular complexity index is 869. The highest BCUT2D eigenvalue weighted by Gasteiger charge is 2.27. The van der Waals surface area contributed by atoms with E-state index >= 15 is 0 Å². The van der Waals surface area contributed by atoms with Crippen LogP contribution in [0.2, 0.25) is 0 Å². The molecule has 0 aliphatic heterocycles. The minimum absolute atomic E-state index is 0.104. The molecule has 2 aromatic rings. The maximum atomic E-state index is 13.4. The number of esters is 1. The number of ether oxygens (including phenoxy) is 1. The Morgan fingerprint density at radius 2 is 2.08 bits per heavy atom. The quantitative estimate of drug-likeness (QED) is 0.724. The van der Waals surface area contributed by atoms with E-state index in [2.05, 4.69) is 0 Å². The SMILES string of the molecule is CCCOC(=O)C(C)n1c(CN(C)C)nc2sc3c(c2c1=O)CCCC3. The number of aromatic nitrogens is 2. The van der Waals surface area contributed by atoms with Crippen molar-refractivity contribution < 1.29 is 9.53 Å². The molecule has 0 amide bonds. The van der Waals surface area contributed by atoms with Gasteiger partial charge in [0.15, 0.2) is 0 Å². The Kier molecular flexibility index (Phi) is 5.77. The summed E-state index contributed by atoms with van der Waals surface area (Å²) in [6, 6.07) is -0.681. The van der Waals surface area contributed by atoms with Crippen molar-refractivity contribution >= 4 is 27.5 Å². The minimum Gasteiger partial charge on any atom is -0.464 e. The summed E-state index contributed by atoms with van der Waals surface area (Å²) in [5.74, 6) is 0.242. The second kappa shape index (κ2) is 7.88. The van der Waals surface area contributed by atoms with Gasteiger partial charge in [-0.2, -0.15) is 0 Å². The lowest BCUT2D eigenvalue weighted by Gasteiger charge is -2.20. The van der Waals surface area contributed by atoms with Crippen LogP contribution in [0.15, 0.2) is 4.79 Å². The number of fused-ring (bicyclic) bond motifs is 3. The zero-order valence-electron chi connectivity index (χ0n) is 16.0. The molecular formula is C19H27N3O3S. The van der Waals surface area contributed by atoms with Crippen molar-refractivity contribution in [3.05, 3.63) is 26.6 Å². The van der Waals surface area contributed by atoms with E-state index in [4.69, 9.17) is 9.72 Å². The number of nitrogens with zero attached hydrogens (tertiary/aromatic N) is 3. The lowest BCUT2D eigenvalue weighted by molar-refractivity contribution is -0.147. The van der Waals surface area contributed by atoms with Gasteiger partial charge in [0.1, 0.15) is 16.7 Å². The van der Waals surface area contributed by atoms with Crippen LogP contribution in [0, 0.1) is 0 Å². The van der Waals surface area contributed by atoms with Crippen molar-refractivity contribution in [1.29, 1.82) is 0 Å². The van der Waals surface area contributed by atoms with Gasteiger partial charge in [0, 0.05) is 4.88 Å². The van der Waals surface area contributed by atoms with Crippen LogP contribution in [0.5, 0.6) is 0 Å². The molecule has 0 bridgehead atoms. The van der Waals surface area contributed by atoms with E-state index in [1.807, 2.05) is 25.9 Å². The van der Waals surface area contributed by atoms with Crippen LogP contribution in [0.4, 0.5) is 0 Å². The number of carbonyl (C=O) groups excluding carboxylic acids is 1. The van der Waals surface area contributed by atoms with Gasteiger partial charge in [-0.05, 0) is 58.7 Å². The van der Waals surface area contributed by atoms with E-state index in [-0.39, 0.29) is 11.5 Å². The Morgan fingerprint density at radius 1 is 1.35 bits per heavy atom. The number of hydrogen-bond donors (Lipinski definition) is 0. The predicted octanol–water partition coefficient (Wildman–Crippen LogP) is 2.91. The maximum absolute atomic E-state index is 13.4. The smallest absolute Gasteiger partial charge is 0.329 e. The van der Waals surface area contributed by atoms with E-state index in [0.717, 1.165) is 42.5 Å². The molecule has 2 aromatic heterocycles. The van der Waals surface area contributed by atoms with Gasteiger partial charge >= 0.3 is 5.97 Å². The fourth-order valence-electron chi connectivity index (χ4n) is 3.48. The molecule has 7 heteroatoms.